The Morgan fingerprint density at radius 3 is 2.40 bits per heavy atom. The molecule has 25 heavy (non-hydrogen) atoms. The van der Waals surface area contributed by atoms with Crippen molar-refractivity contribution < 1.29 is 14.3 Å². The highest BCUT2D eigenvalue weighted by Gasteiger charge is 2.17. The fourth-order valence-electron chi connectivity index (χ4n) is 2.55. The van der Waals surface area contributed by atoms with Gasteiger partial charge in [-0.25, -0.2) is 0 Å². The van der Waals surface area contributed by atoms with E-state index in [4.69, 9.17) is 4.74 Å². The van der Waals surface area contributed by atoms with Crippen LogP contribution in [0.25, 0.3) is 0 Å². The van der Waals surface area contributed by atoms with Gasteiger partial charge in [0.15, 0.2) is 0 Å². The Bertz CT molecular complexity index is 701. The zero-order valence-electron chi connectivity index (χ0n) is 14.6. The van der Waals surface area contributed by atoms with E-state index in [0.717, 1.165) is 16.8 Å². The van der Waals surface area contributed by atoms with E-state index in [1.54, 1.807) is 0 Å². The average molecular weight is 340 g/mol. The number of anilines is 1. The van der Waals surface area contributed by atoms with Gasteiger partial charge in [0.2, 0.25) is 11.8 Å². The van der Waals surface area contributed by atoms with Crippen molar-refractivity contribution in [3.8, 4) is 0 Å². The van der Waals surface area contributed by atoms with Crippen molar-refractivity contribution in [2.24, 2.45) is 0 Å². The number of ether oxygens (including phenoxy) is 1. The molecule has 0 radical (unpaired) electrons. The van der Waals surface area contributed by atoms with Gasteiger partial charge in [-0.15, -0.1) is 0 Å². The Labute approximate surface area is 148 Å². The van der Waals surface area contributed by atoms with Crippen molar-refractivity contribution in [3.63, 3.8) is 0 Å². The molecule has 0 fully saturated rings. The average Bonchev–Trinajstić information content (AvgIpc) is 2.61. The second-order valence-electron chi connectivity index (χ2n) is 5.71. The molecular weight excluding hydrogens is 316 g/mol. The highest BCUT2D eigenvalue weighted by molar-refractivity contribution is 5.92. The Morgan fingerprint density at radius 1 is 1.04 bits per heavy atom. The van der Waals surface area contributed by atoms with Gasteiger partial charge >= 0.3 is 0 Å². The molecule has 0 aliphatic rings. The molecule has 0 saturated heterocycles. The van der Waals surface area contributed by atoms with Crippen LogP contribution >= 0.6 is 0 Å². The van der Waals surface area contributed by atoms with Gasteiger partial charge in [0, 0.05) is 24.8 Å². The van der Waals surface area contributed by atoms with E-state index < -0.39 is 0 Å². The van der Waals surface area contributed by atoms with Crippen LogP contribution in [0.3, 0.4) is 0 Å². The SMILES string of the molecule is CCOCc1ccccc1NC(=O)CC(NC(C)=O)c1ccccc1. The first kappa shape index (κ1) is 18.7. The third-order valence-corrected chi connectivity index (χ3v) is 3.72. The lowest BCUT2D eigenvalue weighted by atomic mass is 10.0. The van der Waals surface area contributed by atoms with Crippen LogP contribution in [0.4, 0.5) is 5.69 Å². The molecule has 2 rings (SSSR count). The Kier molecular flexibility index (Phi) is 7.16. The van der Waals surface area contributed by atoms with Gasteiger partial charge in [-0.05, 0) is 18.6 Å². The topological polar surface area (TPSA) is 67.4 Å². The largest absolute Gasteiger partial charge is 0.377 e. The molecule has 0 saturated carbocycles. The number of amides is 2. The smallest absolute Gasteiger partial charge is 0.226 e. The number of nitrogens with one attached hydrogen (secondary N) is 2. The minimum Gasteiger partial charge on any atom is -0.377 e. The molecule has 0 spiro atoms. The maximum Gasteiger partial charge on any atom is 0.226 e. The lowest BCUT2D eigenvalue weighted by Gasteiger charge is -2.19. The van der Waals surface area contributed by atoms with E-state index in [2.05, 4.69) is 10.6 Å². The summed E-state index contributed by atoms with van der Waals surface area (Å²) < 4.78 is 5.44. The van der Waals surface area contributed by atoms with Gasteiger partial charge in [-0.3, -0.25) is 9.59 Å². The molecule has 2 N–H and O–H groups in total. The van der Waals surface area contributed by atoms with Crippen molar-refractivity contribution in [2.75, 3.05) is 11.9 Å². The van der Waals surface area contributed by atoms with Crippen LogP contribution in [-0.2, 0) is 20.9 Å². The Balaban J connectivity index is 2.08. The van der Waals surface area contributed by atoms with E-state index in [9.17, 15) is 9.59 Å². The molecule has 0 aliphatic carbocycles. The standard InChI is InChI=1S/C20H24N2O3/c1-3-25-14-17-11-7-8-12-18(17)22-20(24)13-19(21-15(2)23)16-9-5-4-6-10-16/h4-12,19H,3,13-14H2,1-2H3,(H,21,23)(H,22,24). The van der Waals surface area contributed by atoms with Crippen molar-refractivity contribution in [3.05, 3.63) is 65.7 Å². The van der Waals surface area contributed by atoms with E-state index in [0.29, 0.717) is 13.2 Å². The van der Waals surface area contributed by atoms with E-state index in [1.807, 2.05) is 61.5 Å². The quantitative estimate of drug-likeness (QED) is 0.774. The first-order chi connectivity index (χ1) is 12.1. The van der Waals surface area contributed by atoms with Crippen LogP contribution in [0.15, 0.2) is 54.6 Å². The zero-order chi connectivity index (χ0) is 18.1. The van der Waals surface area contributed by atoms with Crippen LogP contribution in [0.2, 0.25) is 0 Å². The molecule has 2 amide bonds. The van der Waals surface area contributed by atoms with Crippen LogP contribution in [0.5, 0.6) is 0 Å². The predicted octanol–water partition coefficient (Wildman–Crippen LogP) is 3.43. The van der Waals surface area contributed by atoms with E-state index in [-0.39, 0.29) is 24.3 Å². The number of benzene rings is 2. The minimum absolute atomic E-state index is 0.159. The van der Waals surface area contributed by atoms with Crippen molar-refractivity contribution in [2.45, 2.75) is 32.9 Å². The lowest BCUT2D eigenvalue weighted by molar-refractivity contribution is -0.120. The van der Waals surface area contributed by atoms with Gasteiger partial charge < -0.3 is 15.4 Å². The summed E-state index contributed by atoms with van der Waals surface area (Å²) in [6.07, 6.45) is 0.159. The third kappa shape index (κ3) is 6.04. The normalized spacial score (nSPS) is 11.6. The second-order valence-corrected chi connectivity index (χ2v) is 5.71. The summed E-state index contributed by atoms with van der Waals surface area (Å²) in [6, 6.07) is 16.7. The Morgan fingerprint density at radius 2 is 1.72 bits per heavy atom. The number of para-hydroxylation sites is 1. The molecule has 2 aromatic rings. The van der Waals surface area contributed by atoms with E-state index in [1.165, 1.54) is 6.92 Å². The van der Waals surface area contributed by atoms with Crippen LogP contribution in [0, 0.1) is 0 Å². The van der Waals surface area contributed by atoms with E-state index >= 15 is 0 Å². The molecule has 132 valence electrons. The molecule has 1 unspecified atom stereocenters. The molecule has 0 heterocycles. The van der Waals surface area contributed by atoms with Crippen LogP contribution in [-0.4, -0.2) is 18.4 Å². The summed E-state index contributed by atoms with van der Waals surface area (Å²) in [7, 11) is 0. The van der Waals surface area contributed by atoms with Crippen molar-refractivity contribution >= 4 is 17.5 Å². The van der Waals surface area contributed by atoms with Crippen LogP contribution in [0.1, 0.15) is 37.4 Å². The monoisotopic (exact) mass is 340 g/mol. The van der Waals surface area contributed by atoms with Gasteiger partial charge in [0.05, 0.1) is 19.1 Å². The summed E-state index contributed by atoms with van der Waals surface area (Å²) in [5.74, 6) is -0.329. The molecule has 2 aromatic carbocycles. The number of hydrogen-bond acceptors (Lipinski definition) is 3. The summed E-state index contributed by atoms with van der Waals surface area (Å²) in [5.41, 5.74) is 2.56. The molecule has 5 nitrogen and oxygen atoms in total. The highest BCUT2D eigenvalue weighted by atomic mass is 16.5. The Hall–Kier alpha value is -2.66. The third-order valence-electron chi connectivity index (χ3n) is 3.72. The molecule has 0 bridgehead atoms. The van der Waals surface area contributed by atoms with Gasteiger partial charge in [-0.1, -0.05) is 48.5 Å². The summed E-state index contributed by atoms with van der Waals surface area (Å²) in [5, 5.41) is 5.76. The highest BCUT2D eigenvalue weighted by Crippen LogP contribution is 2.20. The minimum atomic E-state index is -0.363. The number of carbonyl (C=O) groups excluding carboxylic acids is 2. The molecular formula is C20H24N2O3. The fourth-order valence-corrected chi connectivity index (χ4v) is 2.55. The molecule has 0 aliphatic heterocycles. The fraction of sp³-hybridized carbons (Fsp3) is 0.300. The van der Waals surface area contributed by atoms with Crippen molar-refractivity contribution in [1.82, 2.24) is 5.32 Å². The van der Waals surface area contributed by atoms with Gasteiger partial charge in [0.1, 0.15) is 0 Å². The maximum absolute atomic E-state index is 12.5. The number of hydrogen-bond donors (Lipinski definition) is 2. The first-order valence-corrected chi connectivity index (χ1v) is 8.37. The lowest BCUT2D eigenvalue weighted by Crippen LogP contribution is -2.29. The number of rotatable bonds is 8. The molecule has 5 heteroatoms. The predicted molar refractivity (Wildman–Crippen MR) is 98.0 cm³/mol. The maximum atomic E-state index is 12.5. The summed E-state index contributed by atoms with van der Waals surface area (Å²) >= 11 is 0. The van der Waals surface area contributed by atoms with Crippen molar-refractivity contribution in [1.29, 1.82) is 0 Å². The molecule has 0 aromatic heterocycles. The molecule has 1 atom stereocenters. The van der Waals surface area contributed by atoms with Gasteiger partial charge in [-0.2, -0.15) is 0 Å². The zero-order valence-corrected chi connectivity index (χ0v) is 14.6. The van der Waals surface area contributed by atoms with Gasteiger partial charge in [0.25, 0.3) is 0 Å². The van der Waals surface area contributed by atoms with Crippen LogP contribution < -0.4 is 10.6 Å². The summed E-state index contributed by atoms with van der Waals surface area (Å²) in [6.45, 7) is 4.44. The summed E-state index contributed by atoms with van der Waals surface area (Å²) in [4.78, 5) is 24.0. The number of carbonyl (C=O) groups is 2. The first-order valence-electron chi connectivity index (χ1n) is 8.37. The second kappa shape index (κ2) is 9.59.